The Kier molecular flexibility index (Phi) is 6.36. The maximum absolute atomic E-state index is 12.4. The van der Waals surface area contributed by atoms with E-state index >= 15 is 0 Å². The minimum atomic E-state index is -0.377. The number of nitrogens with zero attached hydrogens (tertiary/aromatic N) is 2. The SMILES string of the molecule is O=C(CN1CCc2nc(NC(=O)C3CCCO3)sc2C1)Nc1ccc(Cl)c(Cl)c1. The Bertz CT molecular complexity index is 930. The van der Waals surface area contributed by atoms with Crippen LogP contribution in [0.5, 0.6) is 0 Å². The van der Waals surface area contributed by atoms with Gasteiger partial charge in [-0.3, -0.25) is 19.8 Å². The van der Waals surface area contributed by atoms with Crippen LogP contribution >= 0.6 is 34.5 Å². The molecule has 154 valence electrons. The first kappa shape index (κ1) is 20.6. The van der Waals surface area contributed by atoms with Gasteiger partial charge in [-0.2, -0.15) is 0 Å². The van der Waals surface area contributed by atoms with Crippen LogP contribution in [0.3, 0.4) is 0 Å². The van der Waals surface area contributed by atoms with Crippen molar-refractivity contribution in [2.75, 3.05) is 30.3 Å². The van der Waals surface area contributed by atoms with Crippen LogP contribution in [0, 0.1) is 0 Å². The predicted octanol–water partition coefficient (Wildman–Crippen LogP) is 3.56. The number of benzene rings is 1. The summed E-state index contributed by atoms with van der Waals surface area (Å²) >= 11 is 13.3. The van der Waals surface area contributed by atoms with E-state index in [1.165, 1.54) is 11.3 Å². The van der Waals surface area contributed by atoms with E-state index in [4.69, 9.17) is 27.9 Å². The smallest absolute Gasteiger partial charge is 0.255 e. The molecule has 2 amide bonds. The Morgan fingerprint density at radius 2 is 2.14 bits per heavy atom. The van der Waals surface area contributed by atoms with E-state index in [9.17, 15) is 9.59 Å². The lowest BCUT2D eigenvalue weighted by atomic mass is 10.2. The molecule has 1 aromatic heterocycles. The highest BCUT2D eigenvalue weighted by Gasteiger charge is 2.26. The minimum absolute atomic E-state index is 0.122. The quantitative estimate of drug-likeness (QED) is 0.721. The Balaban J connectivity index is 1.32. The van der Waals surface area contributed by atoms with Gasteiger partial charge in [-0.15, -0.1) is 11.3 Å². The summed E-state index contributed by atoms with van der Waals surface area (Å²) in [5.74, 6) is -0.255. The molecular weight excluding hydrogens is 435 g/mol. The van der Waals surface area contributed by atoms with Crippen molar-refractivity contribution in [2.45, 2.75) is 31.9 Å². The molecule has 0 aliphatic carbocycles. The lowest BCUT2D eigenvalue weighted by Gasteiger charge is -2.25. The van der Waals surface area contributed by atoms with Crippen molar-refractivity contribution < 1.29 is 14.3 Å². The number of nitrogens with one attached hydrogen (secondary N) is 2. The number of fused-ring (bicyclic) bond motifs is 1. The van der Waals surface area contributed by atoms with E-state index in [1.54, 1.807) is 18.2 Å². The number of hydrogen-bond acceptors (Lipinski definition) is 6. The maximum atomic E-state index is 12.4. The van der Waals surface area contributed by atoms with Gasteiger partial charge in [0.05, 0.1) is 22.3 Å². The topological polar surface area (TPSA) is 83.6 Å². The zero-order valence-corrected chi connectivity index (χ0v) is 17.9. The summed E-state index contributed by atoms with van der Waals surface area (Å²) in [6.07, 6.45) is 2.02. The van der Waals surface area contributed by atoms with Gasteiger partial charge < -0.3 is 10.1 Å². The zero-order chi connectivity index (χ0) is 20.4. The fraction of sp³-hybridized carbons (Fsp3) is 0.421. The lowest BCUT2D eigenvalue weighted by molar-refractivity contribution is -0.124. The third-order valence-corrected chi connectivity index (χ3v) is 6.57. The molecule has 0 spiro atoms. The van der Waals surface area contributed by atoms with Crippen LogP contribution < -0.4 is 10.6 Å². The van der Waals surface area contributed by atoms with Gasteiger partial charge in [-0.25, -0.2) is 4.98 Å². The number of carbonyl (C=O) groups excluding carboxylic acids is 2. The van der Waals surface area contributed by atoms with Gasteiger partial charge in [-0.1, -0.05) is 23.2 Å². The minimum Gasteiger partial charge on any atom is -0.368 e. The van der Waals surface area contributed by atoms with Gasteiger partial charge in [0.25, 0.3) is 5.91 Å². The Labute approximate surface area is 182 Å². The van der Waals surface area contributed by atoms with Crippen molar-refractivity contribution in [3.63, 3.8) is 0 Å². The highest BCUT2D eigenvalue weighted by atomic mass is 35.5. The molecule has 2 aliphatic rings. The van der Waals surface area contributed by atoms with Crippen LogP contribution in [-0.2, 0) is 27.3 Å². The number of halogens is 2. The summed E-state index contributed by atoms with van der Waals surface area (Å²) in [5, 5.41) is 7.14. The van der Waals surface area contributed by atoms with E-state index in [1.807, 2.05) is 0 Å². The Hall–Kier alpha value is -1.71. The normalized spacial score (nSPS) is 19.0. The van der Waals surface area contributed by atoms with E-state index in [0.717, 1.165) is 36.4 Å². The summed E-state index contributed by atoms with van der Waals surface area (Å²) in [7, 11) is 0. The summed E-state index contributed by atoms with van der Waals surface area (Å²) < 4.78 is 5.41. The van der Waals surface area contributed by atoms with Crippen molar-refractivity contribution in [3.8, 4) is 0 Å². The highest BCUT2D eigenvalue weighted by Crippen LogP contribution is 2.29. The molecule has 3 heterocycles. The number of carbonyl (C=O) groups is 2. The number of thiazole rings is 1. The van der Waals surface area contributed by atoms with Crippen molar-refractivity contribution in [1.82, 2.24) is 9.88 Å². The molecule has 10 heteroatoms. The van der Waals surface area contributed by atoms with E-state index < -0.39 is 0 Å². The number of anilines is 2. The monoisotopic (exact) mass is 454 g/mol. The predicted molar refractivity (Wildman–Crippen MR) is 114 cm³/mol. The van der Waals surface area contributed by atoms with Crippen molar-refractivity contribution in [3.05, 3.63) is 38.8 Å². The van der Waals surface area contributed by atoms with Crippen LogP contribution in [0.1, 0.15) is 23.4 Å². The van der Waals surface area contributed by atoms with Crippen LogP contribution in [0.15, 0.2) is 18.2 Å². The molecule has 1 saturated heterocycles. The fourth-order valence-electron chi connectivity index (χ4n) is 3.38. The molecule has 1 aromatic carbocycles. The first-order chi connectivity index (χ1) is 14.0. The average Bonchev–Trinajstić information content (AvgIpc) is 3.34. The third kappa shape index (κ3) is 5.07. The Morgan fingerprint density at radius 3 is 2.90 bits per heavy atom. The summed E-state index contributed by atoms with van der Waals surface area (Å²) in [4.78, 5) is 32.2. The number of hydrogen-bond donors (Lipinski definition) is 2. The highest BCUT2D eigenvalue weighted by molar-refractivity contribution is 7.15. The molecular formula is C19H20Cl2N4O3S. The standard InChI is InChI=1S/C19H20Cl2N4O3S/c20-12-4-3-11(8-13(12)21)22-17(26)10-25-6-5-14-16(9-25)29-19(23-14)24-18(27)15-2-1-7-28-15/h3-4,8,15H,1-2,5-7,9-10H2,(H,22,26)(H,23,24,27). The fourth-order valence-corrected chi connectivity index (χ4v) is 4.74. The Morgan fingerprint density at radius 1 is 1.28 bits per heavy atom. The number of aromatic nitrogens is 1. The largest absolute Gasteiger partial charge is 0.368 e. The molecule has 1 fully saturated rings. The second kappa shape index (κ2) is 8.97. The van der Waals surface area contributed by atoms with Crippen molar-refractivity contribution in [2.24, 2.45) is 0 Å². The third-order valence-electron chi connectivity index (χ3n) is 4.83. The molecule has 0 saturated carbocycles. The van der Waals surface area contributed by atoms with E-state index in [2.05, 4.69) is 20.5 Å². The molecule has 29 heavy (non-hydrogen) atoms. The van der Waals surface area contributed by atoms with Gasteiger partial charge in [0.15, 0.2) is 5.13 Å². The summed E-state index contributed by atoms with van der Waals surface area (Å²) in [6.45, 7) is 2.24. The molecule has 2 aliphatic heterocycles. The molecule has 1 atom stereocenters. The van der Waals surface area contributed by atoms with Gasteiger partial charge in [-0.05, 0) is 31.0 Å². The number of ether oxygens (including phenoxy) is 1. The maximum Gasteiger partial charge on any atom is 0.255 e. The number of rotatable bonds is 5. The first-order valence-corrected chi connectivity index (χ1v) is 10.9. The summed E-state index contributed by atoms with van der Waals surface area (Å²) in [6, 6.07) is 4.99. The van der Waals surface area contributed by atoms with Crippen molar-refractivity contribution in [1.29, 1.82) is 0 Å². The lowest BCUT2D eigenvalue weighted by Crippen LogP contribution is -2.36. The zero-order valence-electron chi connectivity index (χ0n) is 15.5. The second-order valence-corrected chi connectivity index (χ2v) is 8.92. The molecule has 2 aromatic rings. The molecule has 0 bridgehead atoms. The van der Waals surface area contributed by atoms with Crippen LogP contribution in [0.2, 0.25) is 10.0 Å². The van der Waals surface area contributed by atoms with E-state index in [0.29, 0.717) is 34.0 Å². The van der Waals surface area contributed by atoms with E-state index in [-0.39, 0.29) is 24.5 Å². The molecule has 0 radical (unpaired) electrons. The van der Waals surface area contributed by atoms with Crippen LogP contribution in [-0.4, -0.2) is 47.5 Å². The van der Waals surface area contributed by atoms with Gasteiger partial charge in [0.1, 0.15) is 6.10 Å². The summed E-state index contributed by atoms with van der Waals surface area (Å²) in [5.41, 5.74) is 1.60. The van der Waals surface area contributed by atoms with Gasteiger partial charge in [0.2, 0.25) is 5.91 Å². The second-order valence-electron chi connectivity index (χ2n) is 7.02. The van der Waals surface area contributed by atoms with Gasteiger partial charge in [0, 0.05) is 36.7 Å². The van der Waals surface area contributed by atoms with Crippen LogP contribution in [0.25, 0.3) is 0 Å². The molecule has 4 rings (SSSR count). The van der Waals surface area contributed by atoms with Gasteiger partial charge >= 0.3 is 0 Å². The van der Waals surface area contributed by atoms with Crippen LogP contribution in [0.4, 0.5) is 10.8 Å². The molecule has 2 N–H and O–H groups in total. The number of amides is 2. The van der Waals surface area contributed by atoms with Crippen molar-refractivity contribution >= 4 is 57.2 Å². The average molecular weight is 455 g/mol. The first-order valence-electron chi connectivity index (χ1n) is 9.36. The molecule has 7 nitrogen and oxygen atoms in total. The molecule has 1 unspecified atom stereocenters.